The average molecular weight is 528 g/mol. The standard InChI is InChI=1S/C29H29N5O3S/c1-5-20-9-11-21(12-10-20)33-28(27(31-29(33)38)24-8-6-7-15-30-24)23-16-18(2)32(19(23)3)25-14-13-22(37-4)17-26(25)34(35)36/h6-17,27-28H,5H2,1-4H3,(H,31,38)/t27-,28+/m1/s1. The van der Waals surface area contributed by atoms with Gasteiger partial charge in [-0.15, -0.1) is 0 Å². The van der Waals surface area contributed by atoms with Gasteiger partial charge >= 0.3 is 0 Å². The van der Waals surface area contributed by atoms with Crippen LogP contribution in [0.15, 0.2) is 72.9 Å². The summed E-state index contributed by atoms with van der Waals surface area (Å²) in [5.74, 6) is 0.436. The molecule has 2 aromatic heterocycles. The number of aromatic nitrogens is 2. The van der Waals surface area contributed by atoms with E-state index in [4.69, 9.17) is 17.0 Å². The predicted octanol–water partition coefficient (Wildman–Crippen LogP) is 6.15. The highest BCUT2D eigenvalue weighted by atomic mass is 32.1. The number of hydrogen-bond donors (Lipinski definition) is 1. The van der Waals surface area contributed by atoms with Crippen molar-refractivity contribution in [2.45, 2.75) is 39.3 Å². The van der Waals surface area contributed by atoms with Crippen LogP contribution in [-0.2, 0) is 6.42 Å². The number of nitro groups is 1. The molecule has 2 atom stereocenters. The zero-order chi connectivity index (χ0) is 27.0. The van der Waals surface area contributed by atoms with E-state index in [1.165, 1.54) is 18.7 Å². The second-order valence-corrected chi connectivity index (χ2v) is 9.68. The van der Waals surface area contributed by atoms with Gasteiger partial charge in [0.2, 0.25) is 0 Å². The number of nitrogens with one attached hydrogen (secondary N) is 1. The summed E-state index contributed by atoms with van der Waals surface area (Å²) in [4.78, 5) is 18.4. The van der Waals surface area contributed by atoms with Crippen LogP contribution in [0.1, 0.15) is 47.2 Å². The number of benzene rings is 2. The third kappa shape index (κ3) is 4.39. The number of aryl methyl sites for hydroxylation is 2. The number of hydrogen-bond acceptors (Lipinski definition) is 5. The number of ether oxygens (including phenoxy) is 1. The molecule has 38 heavy (non-hydrogen) atoms. The van der Waals surface area contributed by atoms with E-state index in [1.807, 2.05) is 36.6 Å². The number of rotatable bonds is 7. The molecule has 8 nitrogen and oxygen atoms in total. The molecule has 2 aromatic carbocycles. The molecule has 0 aliphatic carbocycles. The van der Waals surface area contributed by atoms with E-state index in [-0.39, 0.29) is 22.7 Å². The van der Waals surface area contributed by atoms with Crippen molar-refractivity contribution in [2.24, 2.45) is 0 Å². The molecule has 4 aromatic rings. The van der Waals surface area contributed by atoms with Crippen LogP contribution in [0.5, 0.6) is 5.75 Å². The Labute approximate surface area is 227 Å². The van der Waals surface area contributed by atoms with Crippen LogP contribution < -0.4 is 15.0 Å². The molecule has 1 fully saturated rings. The molecule has 0 bridgehead atoms. The second-order valence-electron chi connectivity index (χ2n) is 9.29. The Kier molecular flexibility index (Phi) is 6.86. The molecule has 0 amide bonds. The largest absolute Gasteiger partial charge is 0.496 e. The Morgan fingerprint density at radius 1 is 1.11 bits per heavy atom. The fraction of sp³-hybridized carbons (Fsp3) is 0.241. The van der Waals surface area contributed by atoms with Crippen molar-refractivity contribution in [1.29, 1.82) is 0 Å². The van der Waals surface area contributed by atoms with E-state index in [9.17, 15) is 10.1 Å². The van der Waals surface area contributed by atoms with Crippen LogP contribution >= 0.6 is 12.2 Å². The number of methoxy groups -OCH3 is 1. The van der Waals surface area contributed by atoms with Crippen molar-refractivity contribution in [3.63, 3.8) is 0 Å². The lowest BCUT2D eigenvalue weighted by atomic mass is 9.96. The molecular formula is C29H29N5O3S. The fourth-order valence-corrected chi connectivity index (χ4v) is 5.61. The molecular weight excluding hydrogens is 498 g/mol. The van der Waals surface area contributed by atoms with Gasteiger partial charge in [0.25, 0.3) is 5.69 Å². The van der Waals surface area contributed by atoms with Crippen LogP contribution in [0.25, 0.3) is 5.69 Å². The summed E-state index contributed by atoms with van der Waals surface area (Å²) in [5, 5.41) is 16.1. The quantitative estimate of drug-likeness (QED) is 0.175. The fourth-order valence-electron chi connectivity index (χ4n) is 5.26. The van der Waals surface area contributed by atoms with Crippen molar-refractivity contribution in [3.05, 3.63) is 111 Å². The first-order chi connectivity index (χ1) is 18.3. The van der Waals surface area contributed by atoms with Gasteiger partial charge in [-0.2, -0.15) is 0 Å². The van der Waals surface area contributed by atoms with Gasteiger partial charge in [0.1, 0.15) is 11.4 Å². The first kappa shape index (κ1) is 25.4. The molecule has 5 rings (SSSR count). The molecule has 0 saturated carbocycles. The van der Waals surface area contributed by atoms with Crippen molar-refractivity contribution < 1.29 is 9.66 Å². The summed E-state index contributed by atoms with van der Waals surface area (Å²) in [6.45, 7) is 6.08. The average Bonchev–Trinajstić information content (AvgIpc) is 3.43. The van der Waals surface area contributed by atoms with Gasteiger partial charge in [0.15, 0.2) is 5.11 Å². The van der Waals surface area contributed by atoms with Crippen molar-refractivity contribution >= 4 is 28.7 Å². The lowest BCUT2D eigenvalue weighted by molar-refractivity contribution is -0.384. The molecule has 0 radical (unpaired) electrons. The summed E-state index contributed by atoms with van der Waals surface area (Å²) in [6, 6.07) is 20.9. The highest BCUT2D eigenvalue weighted by Gasteiger charge is 2.42. The van der Waals surface area contributed by atoms with Crippen molar-refractivity contribution in [2.75, 3.05) is 12.0 Å². The van der Waals surface area contributed by atoms with Crippen LogP contribution in [-0.4, -0.2) is 26.7 Å². The number of nitro benzene ring substituents is 1. The first-order valence-corrected chi connectivity index (χ1v) is 12.9. The molecule has 0 unspecified atom stereocenters. The lowest BCUT2D eigenvalue weighted by Gasteiger charge is -2.28. The molecule has 1 N–H and O–H groups in total. The van der Waals surface area contributed by atoms with Crippen molar-refractivity contribution in [1.82, 2.24) is 14.9 Å². The van der Waals surface area contributed by atoms with Crippen LogP contribution in [0.3, 0.4) is 0 Å². The summed E-state index contributed by atoms with van der Waals surface area (Å²) in [5.41, 5.74) is 6.33. The van der Waals surface area contributed by atoms with Crippen LogP contribution in [0.4, 0.5) is 11.4 Å². The van der Waals surface area contributed by atoms with E-state index in [0.717, 1.165) is 34.8 Å². The maximum Gasteiger partial charge on any atom is 0.296 e. The topological polar surface area (TPSA) is 85.5 Å². The van der Waals surface area contributed by atoms with E-state index < -0.39 is 0 Å². The highest BCUT2D eigenvalue weighted by Crippen LogP contribution is 2.44. The minimum Gasteiger partial charge on any atom is -0.496 e. The van der Waals surface area contributed by atoms with Crippen LogP contribution in [0, 0.1) is 24.0 Å². The molecule has 9 heteroatoms. The van der Waals surface area contributed by atoms with Crippen LogP contribution in [0.2, 0.25) is 0 Å². The highest BCUT2D eigenvalue weighted by molar-refractivity contribution is 7.80. The maximum atomic E-state index is 12.0. The summed E-state index contributed by atoms with van der Waals surface area (Å²) in [6.07, 6.45) is 2.73. The maximum absolute atomic E-state index is 12.0. The molecule has 0 spiro atoms. The van der Waals surface area contributed by atoms with E-state index in [1.54, 1.807) is 18.3 Å². The van der Waals surface area contributed by atoms with Gasteiger partial charge in [-0.05, 0) is 86.1 Å². The summed E-state index contributed by atoms with van der Waals surface area (Å²) >= 11 is 5.87. The Bertz CT molecular complexity index is 1500. The van der Waals surface area contributed by atoms with Gasteiger partial charge in [0, 0.05) is 23.3 Å². The number of nitrogens with zero attached hydrogens (tertiary/aromatic N) is 4. The summed E-state index contributed by atoms with van der Waals surface area (Å²) < 4.78 is 7.18. The summed E-state index contributed by atoms with van der Waals surface area (Å²) in [7, 11) is 1.50. The van der Waals surface area contributed by atoms with Gasteiger partial charge in [-0.25, -0.2) is 0 Å². The Morgan fingerprint density at radius 3 is 2.50 bits per heavy atom. The van der Waals surface area contributed by atoms with E-state index in [2.05, 4.69) is 52.5 Å². The Hall–Kier alpha value is -4.24. The zero-order valence-corrected chi connectivity index (χ0v) is 22.5. The molecule has 3 heterocycles. The monoisotopic (exact) mass is 527 g/mol. The lowest BCUT2D eigenvalue weighted by Crippen LogP contribution is -2.29. The second kappa shape index (κ2) is 10.3. The van der Waals surface area contributed by atoms with Gasteiger partial charge < -0.3 is 19.5 Å². The third-order valence-corrected chi connectivity index (χ3v) is 7.44. The SMILES string of the molecule is CCc1ccc(N2C(=S)N[C@H](c3ccccn3)[C@@H]2c2cc(C)n(-c3ccc(OC)cc3[N+](=O)[O-])c2C)cc1. The molecule has 194 valence electrons. The van der Waals surface area contributed by atoms with Crippen molar-refractivity contribution in [3.8, 4) is 11.4 Å². The van der Waals surface area contributed by atoms with E-state index >= 15 is 0 Å². The predicted molar refractivity (Wildman–Crippen MR) is 152 cm³/mol. The van der Waals surface area contributed by atoms with Gasteiger partial charge in [-0.1, -0.05) is 25.1 Å². The molecule has 1 aliphatic rings. The minimum atomic E-state index is -0.374. The Morgan fingerprint density at radius 2 is 1.87 bits per heavy atom. The minimum absolute atomic E-state index is 0.0222. The number of thiocarbonyl (C=S) groups is 1. The smallest absolute Gasteiger partial charge is 0.296 e. The normalized spacial score (nSPS) is 16.9. The van der Waals surface area contributed by atoms with Gasteiger partial charge in [-0.3, -0.25) is 15.1 Å². The Balaban J connectivity index is 1.69. The molecule has 1 aliphatic heterocycles. The molecule has 1 saturated heterocycles. The number of anilines is 1. The first-order valence-electron chi connectivity index (χ1n) is 12.4. The van der Waals surface area contributed by atoms with E-state index in [0.29, 0.717) is 16.5 Å². The zero-order valence-electron chi connectivity index (χ0n) is 21.7. The number of pyridine rings is 1. The third-order valence-electron chi connectivity index (χ3n) is 7.13. The van der Waals surface area contributed by atoms with Gasteiger partial charge in [0.05, 0.1) is 35.9 Å².